The van der Waals surface area contributed by atoms with Gasteiger partial charge in [0, 0.05) is 11.6 Å². The molecule has 19 heteroatoms. The zero-order valence-electron chi connectivity index (χ0n) is 19.2. The van der Waals surface area contributed by atoms with E-state index in [1.54, 1.807) is 6.07 Å². The lowest BCUT2D eigenvalue weighted by molar-refractivity contribution is -0.234. The monoisotopic (exact) mass is 613 g/mol. The van der Waals surface area contributed by atoms with E-state index in [1.807, 2.05) is 18.2 Å². The van der Waals surface area contributed by atoms with Crippen LogP contribution >= 0.6 is 38.4 Å². The zero-order valence-corrected chi connectivity index (χ0v) is 22.5. The van der Waals surface area contributed by atoms with Crippen molar-refractivity contribution in [3.8, 4) is 0 Å². The number of aliphatic hydroxyl groups is 3. The average molecular weight is 614 g/mol. The first-order valence-electron chi connectivity index (χ1n) is 10.9. The number of halogens is 2. The highest BCUT2D eigenvalue weighted by Crippen LogP contribution is 2.55. The van der Waals surface area contributed by atoms with Gasteiger partial charge in [-0.05, 0) is 29.7 Å². The molecule has 0 amide bonds. The van der Waals surface area contributed by atoms with Crippen LogP contribution in [-0.4, -0.2) is 86.8 Å². The van der Waals surface area contributed by atoms with Crippen LogP contribution in [0.25, 0.3) is 11.0 Å². The Kier molecular flexibility index (Phi) is 8.51. The van der Waals surface area contributed by atoms with Crippen molar-refractivity contribution in [3.05, 3.63) is 46.3 Å². The van der Waals surface area contributed by atoms with Crippen molar-refractivity contribution in [3.63, 3.8) is 0 Å². The van der Waals surface area contributed by atoms with Gasteiger partial charge in [0.25, 0.3) is 0 Å². The molecule has 2 aromatic heterocycles. The number of hydrogen-bond donors (Lipinski definition) is 7. The van der Waals surface area contributed by atoms with Crippen molar-refractivity contribution >= 4 is 55.2 Å². The molecule has 4 rings (SSSR count). The molecular weight excluding hydrogens is 591 g/mol. The molecule has 0 saturated carbocycles. The Morgan fingerprint density at radius 2 is 1.87 bits per heavy atom. The van der Waals surface area contributed by atoms with Gasteiger partial charge in [0.15, 0.2) is 23.9 Å². The van der Waals surface area contributed by atoms with Gasteiger partial charge in [0.05, 0.1) is 18.2 Å². The van der Waals surface area contributed by atoms with Crippen LogP contribution in [0.15, 0.2) is 30.5 Å². The zero-order chi connectivity index (χ0) is 27.9. The number of anilines is 1. The summed E-state index contributed by atoms with van der Waals surface area (Å²) in [5, 5.41) is 39.4. The number of ether oxygens (including phenoxy) is 1. The molecule has 38 heavy (non-hydrogen) atoms. The summed E-state index contributed by atoms with van der Waals surface area (Å²) in [5.41, 5.74) is 0.959. The first-order valence-corrected chi connectivity index (χ1v) is 15.2. The molecule has 1 aliphatic rings. The molecule has 208 valence electrons. The molecule has 1 aliphatic heterocycles. The van der Waals surface area contributed by atoms with Gasteiger partial charge >= 0.3 is 15.2 Å². The second-order valence-corrected chi connectivity index (χ2v) is 13.2. The first kappa shape index (κ1) is 29.3. The van der Waals surface area contributed by atoms with Gasteiger partial charge in [-0.3, -0.25) is 9.13 Å². The molecule has 15 nitrogen and oxygen atoms in total. The number of aliphatic hydroxyl groups excluding tert-OH is 1. The third-order valence-electron chi connectivity index (χ3n) is 5.59. The highest BCUT2D eigenvalue weighted by Gasteiger charge is 2.56. The van der Waals surface area contributed by atoms with Gasteiger partial charge < -0.3 is 44.6 Å². The van der Waals surface area contributed by atoms with E-state index in [1.165, 1.54) is 6.20 Å². The Morgan fingerprint density at radius 3 is 2.55 bits per heavy atom. The Morgan fingerprint density at radius 1 is 1.16 bits per heavy atom. The molecule has 0 spiro atoms. The van der Waals surface area contributed by atoms with Crippen LogP contribution in [0, 0.1) is 0 Å². The summed E-state index contributed by atoms with van der Waals surface area (Å²) in [6.07, 6.45) is -3.55. The summed E-state index contributed by atoms with van der Waals surface area (Å²) in [7, 11) is -9.75. The van der Waals surface area contributed by atoms with E-state index in [4.69, 9.17) is 37.7 Å². The predicted molar refractivity (Wildman–Crippen MR) is 134 cm³/mol. The van der Waals surface area contributed by atoms with Crippen molar-refractivity contribution in [2.24, 2.45) is 0 Å². The van der Waals surface area contributed by atoms with E-state index < -0.39 is 51.9 Å². The Hall–Kier alpha value is -1.71. The summed E-state index contributed by atoms with van der Waals surface area (Å²) in [5.74, 6) is -4.20. The van der Waals surface area contributed by atoms with E-state index >= 15 is 0 Å². The van der Waals surface area contributed by atoms with Gasteiger partial charge in [0.2, 0.25) is 11.1 Å². The summed E-state index contributed by atoms with van der Waals surface area (Å²) in [4.78, 5) is 35.7. The maximum atomic E-state index is 11.9. The predicted octanol–water partition coefficient (Wildman–Crippen LogP) is 1.06. The van der Waals surface area contributed by atoms with E-state index in [0.717, 1.165) is 10.2 Å². The van der Waals surface area contributed by atoms with Gasteiger partial charge in [-0.1, -0.05) is 29.8 Å². The standard InChI is InChI=1S/C19H23Cl2N5O10P2/c20-12-4-2-1-3-10(12)5-6-22-15-11-7-23-26(16(11)25-18(21)24-15)17-14(27)19(28,29)13(36-17)8-35-38(33,34)9-37(30,31)32/h1-4,7,13-14,17,27-29H,5-6,8-9H2,(H,33,34)(H,22,24,25)(H2,30,31,32)/t13-,14+,17-/m1/s1. The Bertz CT molecular complexity index is 1420. The van der Waals surface area contributed by atoms with Gasteiger partial charge in [-0.25, -0.2) is 4.68 Å². The van der Waals surface area contributed by atoms with E-state index in [9.17, 15) is 29.3 Å². The van der Waals surface area contributed by atoms with Crippen LogP contribution in [-0.2, 0) is 24.8 Å². The van der Waals surface area contributed by atoms with Crippen LogP contribution in [0.4, 0.5) is 5.82 Å². The second kappa shape index (κ2) is 11.0. The smallest absolute Gasteiger partial charge is 0.340 e. The average Bonchev–Trinajstić information content (AvgIpc) is 3.30. The first-order chi connectivity index (χ1) is 17.7. The molecule has 0 bridgehead atoms. The lowest BCUT2D eigenvalue weighted by Gasteiger charge is -2.25. The molecule has 1 saturated heterocycles. The number of nitrogens with zero attached hydrogens (tertiary/aromatic N) is 4. The van der Waals surface area contributed by atoms with Crippen molar-refractivity contribution in [1.29, 1.82) is 0 Å². The Balaban J connectivity index is 1.53. The molecule has 1 unspecified atom stereocenters. The largest absolute Gasteiger partial charge is 0.383 e. The third-order valence-corrected chi connectivity index (χ3v) is 9.58. The molecular formula is C19H23Cl2N5O10P2. The fraction of sp³-hybridized carbons (Fsp3) is 0.421. The SMILES string of the molecule is O=P(O)(O)CP(=O)(O)OC[C@H]1O[C@@H](n2ncc3c(NCCc4ccccc4Cl)nc(Cl)nc32)[C@H](O)C1(O)O. The van der Waals surface area contributed by atoms with Crippen molar-refractivity contribution in [1.82, 2.24) is 19.7 Å². The van der Waals surface area contributed by atoms with Crippen LogP contribution < -0.4 is 5.32 Å². The van der Waals surface area contributed by atoms with Crippen LogP contribution in [0.1, 0.15) is 11.8 Å². The minimum absolute atomic E-state index is 0.0565. The molecule has 3 aromatic rings. The number of rotatable bonds is 10. The Labute approximate surface area is 224 Å². The van der Waals surface area contributed by atoms with E-state index in [2.05, 4.69) is 24.9 Å². The van der Waals surface area contributed by atoms with Gasteiger partial charge in [-0.15, -0.1) is 0 Å². The highest BCUT2D eigenvalue weighted by atomic mass is 35.5. The maximum Gasteiger partial charge on any atom is 0.340 e. The van der Waals surface area contributed by atoms with Crippen molar-refractivity contribution in [2.45, 2.75) is 30.6 Å². The maximum absolute atomic E-state index is 11.9. The van der Waals surface area contributed by atoms with Crippen LogP contribution in [0.3, 0.4) is 0 Å². The minimum Gasteiger partial charge on any atom is -0.383 e. The van der Waals surface area contributed by atoms with Gasteiger partial charge in [0.1, 0.15) is 11.9 Å². The summed E-state index contributed by atoms with van der Waals surface area (Å²) in [6, 6.07) is 7.32. The highest BCUT2D eigenvalue weighted by molar-refractivity contribution is 7.70. The number of aromatic nitrogens is 4. The van der Waals surface area contributed by atoms with E-state index in [0.29, 0.717) is 29.2 Å². The summed E-state index contributed by atoms with van der Waals surface area (Å²) >= 11 is 12.3. The topological polar surface area (TPSA) is 230 Å². The fourth-order valence-electron chi connectivity index (χ4n) is 3.79. The fourth-order valence-corrected chi connectivity index (χ4v) is 6.74. The summed E-state index contributed by atoms with van der Waals surface area (Å²) in [6.45, 7) is -0.594. The lowest BCUT2D eigenvalue weighted by atomic mass is 10.1. The molecule has 0 aliphatic carbocycles. The van der Waals surface area contributed by atoms with E-state index in [-0.39, 0.29) is 10.9 Å². The third kappa shape index (κ3) is 6.53. The minimum atomic E-state index is -4.92. The molecule has 0 radical (unpaired) electrons. The van der Waals surface area contributed by atoms with Crippen molar-refractivity contribution in [2.75, 3.05) is 24.4 Å². The molecule has 1 fully saturated rings. The second-order valence-electron chi connectivity index (χ2n) is 8.42. The normalized spacial score (nSPS) is 23.0. The quantitative estimate of drug-likeness (QED) is 0.0963. The molecule has 7 N–H and O–H groups in total. The molecule has 3 heterocycles. The molecule has 4 atom stereocenters. The van der Waals surface area contributed by atoms with Crippen LogP contribution in [0.2, 0.25) is 10.3 Å². The number of fused-ring (bicyclic) bond motifs is 1. The van der Waals surface area contributed by atoms with Gasteiger partial charge in [-0.2, -0.15) is 15.1 Å². The molecule has 1 aromatic carbocycles. The number of hydrogen-bond acceptors (Lipinski definition) is 11. The number of nitrogens with one attached hydrogen (secondary N) is 1. The van der Waals surface area contributed by atoms with Crippen molar-refractivity contribution < 1.29 is 48.4 Å². The number of benzene rings is 1. The van der Waals surface area contributed by atoms with Crippen LogP contribution in [0.5, 0.6) is 0 Å². The lowest BCUT2D eigenvalue weighted by Crippen LogP contribution is -2.49. The summed E-state index contributed by atoms with van der Waals surface area (Å²) < 4.78 is 34.1.